The Morgan fingerprint density at radius 2 is 1.64 bits per heavy atom. The molecule has 5 heteroatoms. The van der Waals surface area contributed by atoms with Crippen LogP contribution in [-0.4, -0.2) is 37.3 Å². The summed E-state index contributed by atoms with van der Waals surface area (Å²) >= 11 is 0. The van der Waals surface area contributed by atoms with E-state index in [0.29, 0.717) is 0 Å². The predicted octanol–water partition coefficient (Wildman–Crippen LogP) is 3.06. The van der Waals surface area contributed by atoms with E-state index in [-0.39, 0.29) is 36.1 Å². The molecule has 0 saturated carbocycles. The molecule has 4 nitrogen and oxygen atoms in total. The summed E-state index contributed by atoms with van der Waals surface area (Å²) in [7, 11) is -3.14. The Bertz CT molecular complexity index is 579. The highest BCUT2D eigenvalue weighted by molar-refractivity contribution is 7.90. The number of nitrogens with zero attached hydrogens (tertiary/aromatic N) is 1. The van der Waals surface area contributed by atoms with Crippen LogP contribution in [0.5, 0.6) is 0 Å². The lowest BCUT2D eigenvalue weighted by Crippen LogP contribution is -2.42. The van der Waals surface area contributed by atoms with Crippen molar-refractivity contribution in [2.24, 2.45) is 5.92 Å². The molecule has 0 aliphatic heterocycles. The van der Waals surface area contributed by atoms with Crippen LogP contribution in [0.15, 0.2) is 30.3 Å². The topological polar surface area (TPSA) is 54.5 Å². The van der Waals surface area contributed by atoms with Gasteiger partial charge in [0, 0.05) is 18.7 Å². The first-order valence-electron chi connectivity index (χ1n) is 7.67. The molecule has 0 heterocycles. The highest BCUT2D eigenvalue weighted by atomic mass is 32.2. The molecule has 0 saturated heterocycles. The van der Waals surface area contributed by atoms with Gasteiger partial charge in [-0.05, 0) is 25.3 Å². The van der Waals surface area contributed by atoms with E-state index in [1.54, 1.807) is 0 Å². The second kappa shape index (κ2) is 7.77. The average Bonchev–Trinajstić information content (AvgIpc) is 2.41. The van der Waals surface area contributed by atoms with Crippen molar-refractivity contribution in [1.29, 1.82) is 0 Å². The Morgan fingerprint density at radius 1 is 1.09 bits per heavy atom. The molecule has 0 bridgehead atoms. The zero-order valence-electron chi connectivity index (χ0n) is 14.1. The number of amides is 1. The van der Waals surface area contributed by atoms with Gasteiger partial charge in [-0.2, -0.15) is 0 Å². The molecule has 0 aliphatic rings. The van der Waals surface area contributed by atoms with Crippen molar-refractivity contribution in [3.8, 4) is 0 Å². The van der Waals surface area contributed by atoms with Crippen molar-refractivity contribution < 1.29 is 13.2 Å². The van der Waals surface area contributed by atoms with Gasteiger partial charge < -0.3 is 4.90 Å². The molecular weight excluding hydrogens is 298 g/mol. The van der Waals surface area contributed by atoms with Gasteiger partial charge in [-0.3, -0.25) is 4.79 Å². The van der Waals surface area contributed by atoms with Gasteiger partial charge in [0.2, 0.25) is 5.91 Å². The standard InChI is InChI=1S/C17H27NO3S/c1-13(2)17(15-9-7-6-8-10-15)18(14(3)4)16(19)11-12-22(5,20)21/h6-10,13-14,17H,11-12H2,1-5H3. The number of benzene rings is 1. The molecular formula is C17H27NO3S. The molecule has 0 N–H and O–H groups in total. The number of carbonyl (C=O) groups excluding carboxylic acids is 1. The minimum atomic E-state index is -3.14. The van der Waals surface area contributed by atoms with Crippen LogP contribution < -0.4 is 0 Å². The van der Waals surface area contributed by atoms with Crippen molar-refractivity contribution in [2.75, 3.05) is 12.0 Å². The van der Waals surface area contributed by atoms with Crippen molar-refractivity contribution >= 4 is 15.7 Å². The summed E-state index contributed by atoms with van der Waals surface area (Å²) < 4.78 is 22.7. The molecule has 0 aliphatic carbocycles. The monoisotopic (exact) mass is 325 g/mol. The summed E-state index contributed by atoms with van der Waals surface area (Å²) in [6, 6.07) is 9.88. The van der Waals surface area contributed by atoms with Gasteiger partial charge in [-0.1, -0.05) is 44.2 Å². The van der Waals surface area contributed by atoms with Crippen LogP contribution in [0.1, 0.15) is 45.7 Å². The maximum atomic E-state index is 12.6. The van der Waals surface area contributed by atoms with Crippen LogP contribution in [0, 0.1) is 5.92 Å². The zero-order chi connectivity index (χ0) is 16.9. The number of rotatable bonds is 7. The Morgan fingerprint density at radius 3 is 2.05 bits per heavy atom. The van der Waals surface area contributed by atoms with Crippen LogP contribution >= 0.6 is 0 Å². The minimum Gasteiger partial charge on any atom is -0.333 e. The normalized spacial score (nSPS) is 13.4. The molecule has 1 rings (SSSR count). The van der Waals surface area contributed by atoms with E-state index < -0.39 is 9.84 Å². The van der Waals surface area contributed by atoms with Crippen LogP contribution in [0.25, 0.3) is 0 Å². The highest BCUT2D eigenvalue weighted by Crippen LogP contribution is 2.30. The lowest BCUT2D eigenvalue weighted by Gasteiger charge is -2.38. The Balaban J connectivity index is 3.07. The van der Waals surface area contributed by atoms with E-state index in [9.17, 15) is 13.2 Å². The van der Waals surface area contributed by atoms with Crippen molar-refractivity contribution in [2.45, 2.75) is 46.2 Å². The SMILES string of the molecule is CC(C)C(c1ccccc1)N(C(=O)CCS(C)(=O)=O)C(C)C. The molecule has 1 atom stereocenters. The average molecular weight is 325 g/mol. The second-order valence-corrected chi connectivity index (χ2v) is 8.63. The van der Waals surface area contributed by atoms with Gasteiger partial charge in [0.25, 0.3) is 0 Å². The largest absolute Gasteiger partial charge is 0.333 e. The summed E-state index contributed by atoms with van der Waals surface area (Å²) in [4.78, 5) is 14.4. The summed E-state index contributed by atoms with van der Waals surface area (Å²) in [6.07, 6.45) is 1.20. The molecule has 1 amide bonds. The smallest absolute Gasteiger partial charge is 0.224 e. The molecule has 124 valence electrons. The third-order valence-electron chi connectivity index (χ3n) is 3.60. The highest BCUT2D eigenvalue weighted by Gasteiger charge is 2.29. The van der Waals surface area contributed by atoms with Crippen molar-refractivity contribution in [1.82, 2.24) is 4.90 Å². The fourth-order valence-corrected chi connectivity index (χ4v) is 3.23. The summed E-state index contributed by atoms with van der Waals surface area (Å²) in [5.41, 5.74) is 1.08. The molecule has 0 aromatic heterocycles. The van der Waals surface area contributed by atoms with Gasteiger partial charge in [-0.25, -0.2) is 8.42 Å². The van der Waals surface area contributed by atoms with Crippen molar-refractivity contribution in [3.05, 3.63) is 35.9 Å². The summed E-state index contributed by atoms with van der Waals surface area (Å²) in [5, 5.41) is 0. The van der Waals surface area contributed by atoms with Gasteiger partial charge in [0.05, 0.1) is 11.8 Å². The van der Waals surface area contributed by atoms with Crippen molar-refractivity contribution in [3.63, 3.8) is 0 Å². The molecule has 0 fully saturated rings. The first-order valence-corrected chi connectivity index (χ1v) is 9.73. The maximum absolute atomic E-state index is 12.6. The fourth-order valence-electron chi connectivity index (χ4n) is 2.68. The predicted molar refractivity (Wildman–Crippen MR) is 90.3 cm³/mol. The number of sulfone groups is 1. The van der Waals surface area contributed by atoms with Gasteiger partial charge >= 0.3 is 0 Å². The van der Waals surface area contributed by atoms with E-state index in [2.05, 4.69) is 13.8 Å². The van der Waals surface area contributed by atoms with E-state index in [1.807, 2.05) is 49.1 Å². The van der Waals surface area contributed by atoms with E-state index >= 15 is 0 Å². The molecule has 1 aromatic carbocycles. The number of hydrogen-bond acceptors (Lipinski definition) is 3. The first kappa shape index (κ1) is 18.7. The van der Waals surface area contributed by atoms with Crippen LogP contribution in [0.2, 0.25) is 0 Å². The summed E-state index contributed by atoms with van der Waals surface area (Å²) in [5.74, 6) is 0.0317. The van der Waals surface area contributed by atoms with Gasteiger partial charge in [0.1, 0.15) is 9.84 Å². The third kappa shape index (κ3) is 5.44. The zero-order valence-corrected chi connectivity index (χ0v) is 14.9. The van der Waals surface area contributed by atoms with Crippen LogP contribution in [-0.2, 0) is 14.6 Å². The lowest BCUT2D eigenvalue weighted by molar-refractivity contribution is -0.136. The first-order chi connectivity index (χ1) is 10.1. The van der Waals surface area contributed by atoms with Crippen LogP contribution in [0.4, 0.5) is 0 Å². The number of carbonyl (C=O) groups is 1. The fraction of sp³-hybridized carbons (Fsp3) is 0.588. The third-order valence-corrected chi connectivity index (χ3v) is 4.55. The molecule has 1 unspecified atom stereocenters. The van der Waals surface area contributed by atoms with Gasteiger partial charge in [-0.15, -0.1) is 0 Å². The summed E-state index contributed by atoms with van der Waals surface area (Å²) in [6.45, 7) is 8.10. The second-order valence-electron chi connectivity index (χ2n) is 6.37. The molecule has 0 spiro atoms. The van der Waals surface area contributed by atoms with Gasteiger partial charge in [0.15, 0.2) is 0 Å². The quantitative estimate of drug-likeness (QED) is 0.774. The molecule has 1 aromatic rings. The van der Waals surface area contributed by atoms with E-state index in [0.717, 1.165) is 11.8 Å². The van der Waals surface area contributed by atoms with E-state index in [1.165, 1.54) is 0 Å². The molecule has 22 heavy (non-hydrogen) atoms. The van der Waals surface area contributed by atoms with E-state index in [4.69, 9.17) is 0 Å². The Hall–Kier alpha value is -1.36. The number of hydrogen-bond donors (Lipinski definition) is 0. The van der Waals surface area contributed by atoms with Crippen LogP contribution in [0.3, 0.4) is 0 Å². The lowest BCUT2D eigenvalue weighted by atomic mass is 9.93. The maximum Gasteiger partial charge on any atom is 0.224 e. The minimum absolute atomic E-state index is 0.0136. The molecule has 0 radical (unpaired) electrons. The Kier molecular flexibility index (Phi) is 6.60. The Labute approximate surface area is 134 Å².